The molecule has 3 heteroatoms. The molecule has 18 heavy (non-hydrogen) atoms. The predicted octanol–water partition coefficient (Wildman–Crippen LogP) is 2.28. The van der Waals surface area contributed by atoms with Crippen molar-refractivity contribution in [2.45, 2.75) is 38.4 Å². The molecular weight excluding hydrogens is 224 g/mol. The summed E-state index contributed by atoms with van der Waals surface area (Å²) in [6.45, 7) is 2.11. The van der Waals surface area contributed by atoms with E-state index < -0.39 is 0 Å². The zero-order valence-electron chi connectivity index (χ0n) is 10.6. The van der Waals surface area contributed by atoms with Crippen LogP contribution in [0, 0.1) is 0 Å². The Bertz CT molecular complexity index is 528. The second kappa shape index (κ2) is 5.12. The van der Waals surface area contributed by atoms with Crippen molar-refractivity contribution >= 4 is 10.9 Å². The summed E-state index contributed by atoms with van der Waals surface area (Å²) in [6, 6.07) is 9.43. The first-order valence-corrected chi connectivity index (χ1v) is 6.79. The van der Waals surface area contributed by atoms with Crippen molar-refractivity contribution in [3.05, 3.63) is 36.0 Å². The monoisotopic (exact) mass is 244 g/mol. The van der Waals surface area contributed by atoms with E-state index in [1.54, 1.807) is 0 Å². The van der Waals surface area contributed by atoms with Gasteiger partial charge in [-0.15, -0.1) is 0 Å². The van der Waals surface area contributed by atoms with Crippen LogP contribution in [0.15, 0.2) is 30.5 Å². The minimum Gasteiger partial charge on any atom is -0.396 e. The number of nitrogens with one attached hydrogen (secondary N) is 1. The lowest BCUT2D eigenvalue weighted by Gasteiger charge is -2.07. The third-order valence-corrected chi connectivity index (χ3v) is 3.62. The fraction of sp³-hybridized carbons (Fsp3) is 0.467. The Balaban J connectivity index is 1.83. The first-order chi connectivity index (χ1) is 8.88. The predicted molar refractivity (Wildman–Crippen MR) is 73.5 cm³/mol. The summed E-state index contributed by atoms with van der Waals surface area (Å²) in [4.78, 5) is 0. The summed E-state index contributed by atoms with van der Waals surface area (Å²) in [5, 5.41) is 13.8. The van der Waals surface area contributed by atoms with Crippen LogP contribution in [0.3, 0.4) is 0 Å². The van der Waals surface area contributed by atoms with E-state index in [2.05, 4.69) is 40.3 Å². The summed E-state index contributed by atoms with van der Waals surface area (Å²) in [6.07, 6.45) is 5.59. The Morgan fingerprint density at radius 2 is 2.17 bits per heavy atom. The van der Waals surface area contributed by atoms with Gasteiger partial charge in [0.2, 0.25) is 0 Å². The molecule has 0 atom stereocenters. The quantitative estimate of drug-likeness (QED) is 0.818. The van der Waals surface area contributed by atoms with Crippen LogP contribution < -0.4 is 5.32 Å². The molecule has 0 spiro atoms. The van der Waals surface area contributed by atoms with E-state index in [4.69, 9.17) is 5.11 Å². The van der Waals surface area contributed by atoms with E-state index in [1.165, 1.54) is 29.3 Å². The molecule has 1 aliphatic rings. The number of rotatable bonds is 6. The molecule has 3 rings (SSSR count). The number of fused-ring (bicyclic) bond motifs is 1. The average Bonchev–Trinajstić information content (AvgIpc) is 3.13. The van der Waals surface area contributed by atoms with Crippen LogP contribution in [-0.4, -0.2) is 22.3 Å². The molecule has 1 aliphatic carbocycles. The molecule has 0 saturated heterocycles. The topological polar surface area (TPSA) is 37.2 Å². The maximum atomic E-state index is 8.92. The molecule has 96 valence electrons. The molecule has 3 nitrogen and oxygen atoms in total. The van der Waals surface area contributed by atoms with Gasteiger partial charge in [0, 0.05) is 42.8 Å². The highest BCUT2D eigenvalue weighted by atomic mass is 16.3. The summed E-state index contributed by atoms with van der Waals surface area (Å²) >= 11 is 0. The molecule has 1 aromatic heterocycles. The van der Waals surface area contributed by atoms with Crippen LogP contribution >= 0.6 is 0 Å². The van der Waals surface area contributed by atoms with Crippen LogP contribution in [0.5, 0.6) is 0 Å². The summed E-state index contributed by atoms with van der Waals surface area (Å²) in [5.41, 5.74) is 2.65. The molecule has 1 saturated carbocycles. The molecule has 0 unspecified atom stereocenters. The SMILES string of the molecule is OCCCn1ccc2c(CNC3CC3)cccc21. The average molecular weight is 244 g/mol. The Morgan fingerprint density at radius 3 is 2.94 bits per heavy atom. The number of hydrogen-bond donors (Lipinski definition) is 2. The van der Waals surface area contributed by atoms with Crippen LogP contribution in [0.1, 0.15) is 24.8 Å². The van der Waals surface area contributed by atoms with E-state index in [0.717, 1.165) is 25.6 Å². The van der Waals surface area contributed by atoms with Crippen molar-refractivity contribution in [3.63, 3.8) is 0 Å². The Hall–Kier alpha value is -1.32. The Labute approximate surface area is 107 Å². The number of benzene rings is 1. The zero-order valence-corrected chi connectivity index (χ0v) is 10.6. The third kappa shape index (κ3) is 2.42. The van der Waals surface area contributed by atoms with Crippen molar-refractivity contribution in [1.29, 1.82) is 0 Å². The minimum absolute atomic E-state index is 0.253. The molecule has 2 N–H and O–H groups in total. The molecule has 0 radical (unpaired) electrons. The molecule has 0 amide bonds. The lowest BCUT2D eigenvalue weighted by atomic mass is 10.1. The van der Waals surface area contributed by atoms with Gasteiger partial charge in [0.1, 0.15) is 0 Å². The van der Waals surface area contributed by atoms with Gasteiger partial charge in [-0.25, -0.2) is 0 Å². The van der Waals surface area contributed by atoms with Crippen LogP contribution in [0.2, 0.25) is 0 Å². The Morgan fingerprint density at radius 1 is 1.28 bits per heavy atom. The maximum Gasteiger partial charge on any atom is 0.0483 e. The number of hydrogen-bond acceptors (Lipinski definition) is 2. The van der Waals surface area contributed by atoms with E-state index in [-0.39, 0.29) is 6.61 Å². The van der Waals surface area contributed by atoms with Gasteiger partial charge < -0.3 is 15.0 Å². The van der Waals surface area contributed by atoms with E-state index >= 15 is 0 Å². The van der Waals surface area contributed by atoms with Crippen molar-refractivity contribution in [2.75, 3.05) is 6.61 Å². The van der Waals surface area contributed by atoms with Crippen molar-refractivity contribution < 1.29 is 5.11 Å². The molecule has 1 aromatic carbocycles. The Kier molecular flexibility index (Phi) is 3.35. The van der Waals surface area contributed by atoms with Crippen molar-refractivity contribution in [3.8, 4) is 0 Å². The smallest absolute Gasteiger partial charge is 0.0483 e. The van der Waals surface area contributed by atoms with Crippen LogP contribution in [-0.2, 0) is 13.1 Å². The second-order valence-corrected chi connectivity index (χ2v) is 5.09. The van der Waals surface area contributed by atoms with Gasteiger partial charge in [-0.1, -0.05) is 12.1 Å². The number of aryl methyl sites for hydroxylation is 1. The minimum atomic E-state index is 0.253. The first-order valence-electron chi connectivity index (χ1n) is 6.79. The number of aliphatic hydroxyl groups excluding tert-OH is 1. The first kappa shape index (κ1) is 11.8. The van der Waals surface area contributed by atoms with Crippen molar-refractivity contribution in [1.82, 2.24) is 9.88 Å². The van der Waals surface area contributed by atoms with E-state index in [9.17, 15) is 0 Å². The van der Waals surface area contributed by atoms with Gasteiger partial charge in [0.05, 0.1) is 0 Å². The van der Waals surface area contributed by atoms with E-state index in [0.29, 0.717) is 0 Å². The van der Waals surface area contributed by atoms with E-state index in [1.807, 2.05) is 0 Å². The molecular formula is C15H20N2O. The highest BCUT2D eigenvalue weighted by molar-refractivity contribution is 5.83. The number of aliphatic hydroxyl groups is 1. The summed E-state index contributed by atoms with van der Waals surface area (Å²) in [7, 11) is 0. The third-order valence-electron chi connectivity index (χ3n) is 3.62. The molecule has 1 fully saturated rings. The van der Waals surface area contributed by atoms with Gasteiger partial charge in [0.15, 0.2) is 0 Å². The van der Waals surface area contributed by atoms with Crippen LogP contribution in [0.25, 0.3) is 10.9 Å². The maximum absolute atomic E-state index is 8.92. The summed E-state index contributed by atoms with van der Waals surface area (Å²) in [5.74, 6) is 0. The number of nitrogens with zero attached hydrogens (tertiary/aromatic N) is 1. The zero-order chi connectivity index (χ0) is 12.4. The van der Waals surface area contributed by atoms with Gasteiger partial charge in [-0.05, 0) is 37.0 Å². The van der Waals surface area contributed by atoms with Crippen LogP contribution in [0.4, 0.5) is 0 Å². The van der Waals surface area contributed by atoms with Gasteiger partial charge in [0.25, 0.3) is 0 Å². The molecule has 0 aliphatic heterocycles. The normalized spacial score (nSPS) is 15.4. The largest absolute Gasteiger partial charge is 0.396 e. The number of aromatic nitrogens is 1. The highest BCUT2D eigenvalue weighted by Gasteiger charge is 2.20. The van der Waals surface area contributed by atoms with Gasteiger partial charge >= 0.3 is 0 Å². The second-order valence-electron chi connectivity index (χ2n) is 5.09. The summed E-state index contributed by atoms with van der Waals surface area (Å²) < 4.78 is 2.23. The fourth-order valence-corrected chi connectivity index (χ4v) is 2.42. The lowest BCUT2D eigenvalue weighted by molar-refractivity contribution is 0.280. The fourth-order valence-electron chi connectivity index (χ4n) is 2.42. The standard InChI is InChI=1S/C15H20N2O/c18-10-2-8-17-9-7-14-12(3-1-4-15(14)17)11-16-13-5-6-13/h1,3-4,7,9,13,16,18H,2,5-6,8,10-11H2. The van der Waals surface area contributed by atoms with Gasteiger partial charge in [-0.2, -0.15) is 0 Å². The molecule has 2 aromatic rings. The molecule has 0 bridgehead atoms. The van der Waals surface area contributed by atoms with Gasteiger partial charge in [-0.3, -0.25) is 0 Å². The highest BCUT2D eigenvalue weighted by Crippen LogP contribution is 2.23. The molecule has 1 heterocycles. The van der Waals surface area contributed by atoms with Crippen molar-refractivity contribution in [2.24, 2.45) is 0 Å². The lowest BCUT2D eigenvalue weighted by Crippen LogP contribution is -2.15.